The quantitative estimate of drug-likeness (QED) is 0.921. The van der Waals surface area contributed by atoms with E-state index in [1.54, 1.807) is 23.9 Å². The highest BCUT2D eigenvalue weighted by atomic mass is 32.2. The lowest BCUT2D eigenvalue weighted by Gasteiger charge is -2.09. The van der Waals surface area contributed by atoms with Crippen LogP contribution in [0.25, 0.3) is 0 Å². The second-order valence-electron chi connectivity index (χ2n) is 4.35. The lowest BCUT2D eigenvalue weighted by Crippen LogP contribution is -2.06. The molecule has 1 atom stereocenters. The van der Waals surface area contributed by atoms with E-state index in [0.717, 1.165) is 17.0 Å². The molecule has 0 fully saturated rings. The number of halogens is 1. The van der Waals surface area contributed by atoms with Crippen molar-refractivity contribution >= 4 is 16.8 Å². The summed E-state index contributed by atoms with van der Waals surface area (Å²) in [6.45, 7) is 0. The Morgan fingerprint density at radius 1 is 1.05 bits per heavy atom. The van der Waals surface area contributed by atoms with Crippen molar-refractivity contribution in [2.45, 2.75) is 11.8 Å². The van der Waals surface area contributed by atoms with Crippen LogP contribution >= 0.6 is 11.8 Å². The van der Waals surface area contributed by atoms with Crippen LogP contribution < -0.4 is 5.43 Å². The van der Waals surface area contributed by atoms with Gasteiger partial charge in [-0.15, -0.1) is 0 Å². The Labute approximate surface area is 115 Å². The van der Waals surface area contributed by atoms with Crippen LogP contribution in [-0.2, 0) is 6.42 Å². The average molecular weight is 272 g/mol. The molecular weight excluding hydrogens is 259 g/mol. The van der Waals surface area contributed by atoms with Crippen molar-refractivity contribution in [1.29, 1.82) is 0 Å². The maximum atomic E-state index is 12.9. The molecule has 1 aliphatic rings. The second kappa shape index (κ2) is 5.45. The molecule has 3 rings (SSSR count). The van der Waals surface area contributed by atoms with Crippen molar-refractivity contribution in [3.8, 4) is 0 Å². The fourth-order valence-electron chi connectivity index (χ4n) is 1.95. The number of nitrogens with one attached hydrogen (secondary N) is 1. The molecule has 19 heavy (non-hydrogen) atoms. The zero-order chi connectivity index (χ0) is 13.1. The zero-order valence-corrected chi connectivity index (χ0v) is 11.0. The van der Waals surface area contributed by atoms with Gasteiger partial charge in [0.15, 0.2) is 0 Å². The molecule has 0 amide bonds. The Morgan fingerprint density at radius 3 is 2.53 bits per heavy atom. The third-order valence-corrected chi connectivity index (χ3v) is 4.05. The van der Waals surface area contributed by atoms with Gasteiger partial charge in [-0.25, -0.2) is 4.39 Å². The number of hydrogen-bond acceptors (Lipinski definition) is 3. The number of thioether (sulfide) groups is 1. The fraction of sp³-hybridized carbons (Fsp3) is 0.133. The molecule has 0 saturated carbocycles. The van der Waals surface area contributed by atoms with Crippen LogP contribution in [0.1, 0.15) is 16.5 Å². The van der Waals surface area contributed by atoms with Crippen LogP contribution in [0.4, 0.5) is 4.39 Å². The van der Waals surface area contributed by atoms with Gasteiger partial charge in [0.1, 0.15) is 11.2 Å². The maximum absolute atomic E-state index is 12.9. The summed E-state index contributed by atoms with van der Waals surface area (Å²) in [5, 5.41) is 5.49. The maximum Gasteiger partial charge on any atom is 0.123 e. The van der Waals surface area contributed by atoms with Gasteiger partial charge in [-0.1, -0.05) is 54.2 Å². The summed E-state index contributed by atoms with van der Waals surface area (Å²) in [5.41, 5.74) is 5.38. The Hall–Kier alpha value is -1.81. The van der Waals surface area contributed by atoms with Crippen LogP contribution in [-0.4, -0.2) is 5.04 Å². The third kappa shape index (κ3) is 2.96. The van der Waals surface area contributed by atoms with Crippen LogP contribution in [0, 0.1) is 5.82 Å². The number of nitrogens with zero attached hydrogens (tertiary/aromatic N) is 1. The first kappa shape index (κ1) is 12.2. The van der Waals surface area contributed by atoms with Crippen LogP contribution in [0.5, 0.6) is 0 Å². The highest BCUT2D eigenvalue weighted by molar-refractivity contribution is 8.14. The summed E-state index contributed by atoms with van der Waals surface area (Å²) in [6.07, 6.45) is 0.830. The molecule has 0 aromatic heterocycles. The van der Waals surface area contributed by atoms with E-state index in [2.05, 4.69) is 22.7 Å². The SMILES string of the molecule is Fc1ccc(C2NN=C(Cc3ccccc3)S2)cc1. The molecular formula is C15H13FN2S. The second-order valence-corrected chi connectivity index (χ2v) is 5.52. The van der Waals surface area contributed by atoms with Crippen molar-refractivity contribution in [3.05, 3.63) is 71.5 Å². The predicted octanol–water partition coefficient (Wildman–Crippen LogP) is 3.72. The number of hydrazone groups is 1. The van der Waals surface area contributed by atoms with E-state index in [1.807, 2.05) is 18.2 Å². The molecule has 0 saturated heterocycles. The van der Waals surface area contributed by atoms with E-state index in [-0.39, 0.29) is 11.2 Å². The Balaban J connectivity index is 1.65. The van der Waals surface area contributed by atoms with E-state index in [1.165, 1.54) is 17.7 Å². The zero-order valence-electron chi connectivity index (χ0n) is 10.2. The Kier molecular flexibility index (Phi) is 3.51. The molecule has 96 valence electrons. The molecule has 1 heterocycles. The lowest BCUT2D eigenvalue weighted by atomic mass is 10.2. The standard InChI is InChI=1S/C15H13FN2S/c16-13-8-6-12(7-9-13)15-18-17-14(19-15)10-11-4-2-1-3-5-11/h1-9,15,18H,10H2. The van der Waals surface area contributed by atoms with E-state index >= 15 is 0 Å². The minimum atomic E-state index is -0.211. The first-order chi connectivity index (χ1) is 9.31. The minimum Gasteiger partial charge on any atom is -0.291 e. The van der Waals surface area contributed by atoms with Gasteiger partial charge < -0.3 is 0 Å². The van der Waals surface area contributed by atoms with E-state index < -0.39 is 0 Å². The first-order valence-corrected chi connectivity index (χ1v) is 6.97. The molecule has 1 unspecified atom stereocenters. The molecule has 0 spiro atoms. The van der Waals surface area contributed by atoms with Gasteiger partial charge in [-0.2, -0.15) is 5.10 Å². The van der Waals surface area contributed by atoms with Crippen molar-refractivity contribution in [2.75, 3.05) is 0 Å². The smallest absolute Gasteiger partial charge is 0.123 e. The highest BCUT2D eigenvalue weighted by Crippen LogP contribution is 2.32. The molecule has 4 heteroatoms. The molecule has 1 aliphatic heterocycles. The minimum absolute atomic E-state index is 0.0827. The summed E-state index contributed by atoms with van der Waals surface area (Å²) >= 11 is 1.68. The van der Waals surface area contributed by atoms with Crippen molar-refractivity contribution < 1.29 is 4.39 Å². The molecule has 1 N–H and O–H groups in total. The molecule has 0 bridgehead atoms. The van der Waals surface area contributed by atoms with E-state index in [0.29, 0.717) is 0 Å². The van der Waals surface area contributed by atoms with Gasteiger partial charge in [0.2, 0.25) is 0 Å². The summed E-state index contributed by atoms with van der Waals surface area (Å²) in [4.78, 5) is 0. The lowest BCUT2D eigenvalue weighted by molar-refractivity contribution is 0.625. The monoisotopic (exact) mass is 272 g/mol. The van der Waals surface area contributed by atoms with Crippen molar-refractivity contribution in [3.63, 3.8) is 0 Å². The Morgan fingerprint density at radius 2 is 1.79 bits per heavy atom. The van der Waals surface area contributed by atoms with E-state index in [9.17, 15) is 4.39 Å². The summed E-state index contributed by atoms with van der Waals surface area (Å²) < 4.78 is 12.9. The van der Waals surface area contributed by atoms with Gasteiger partial charge in [0.25, 0.3) is 0 Å². The fourth-order valence-corrected chi connectivity index (χ4v) is 2.98. The van der Waals surface area contributed by atoms with Crippen molar-refractivity contribution in [2.24, 2.45) is 5.10 Å². The van der Waals surface area contributed by atoms with Crippen LogP contribution in [0.15, 0.2) is 59.7 Å². The molecule has 0 radical (unpaired) electrons. The summed E-state index contributed by atoms with van der Waals surface area (Å²) in [7, 11) is 0. The topological polar surface area (TPSA) is 24.4 Å². The summed E-state index contributed by atoms with van der Waals surface area (Å²) in [6, 6.07) is 16.8. The third-order valence-electron chi connectivity index (χ3n) is 2.93. The number of hydrogen-bond donors (Lipinski definition) is 1. The van der Waals surface area contributed by atoms with Gasteiger partial charge >= 0.3 is 0 Å². The van der Waals surface area contributed by atoms with Crippen LogP contribution in [0.3, 0.4) is 0 Å². The predicted molar refractivity (Wildman–Crippen MR) is 77.4 cm³/mol. The van der Waals surface area contributed by atoms with Gasteiger partial charge in [-0.05, 0) is 23.3 Å². The largest absolute Gasteiger partial charge is 0.291 e. The first-order valence-electron chi connectivity index (χ1n) is 6.09. The Bertz CT molecular complexity index is 581. The highest BCUT2D eigenvalue weighted by Gasteiger charge is 2.20. The number of benzene rings is 2. The molecule has 2 nitrogen and oxygen atoms in total. The van der Waals surface area contributed by atoms with E-state index in [4.69, 9.17) is 0 Å². The number of rotatable bonds is 3. The molecule has 2 aromatic rings. The van der Waals surface area contributed by atoms with Gasteiger partial charge in [0.05, 0.1) is 5.04 Å². The van der Waals surface area contributed by atoms with Gasteiger partial charge in [0, 0.05) is 6.42 Å². The molecule has 0 aliphatic carbocycles. The van der Waals surface area contributed by atoms with Crippen molar-refractivity contribution in [1.82, 2.24) is 5.43 Å². The summed E-state index contributed by atoms with van der Waals surface area (Å²) in [5.74, 6) is -0.211. The van der Waals surface area contributed by atoms with Gasteiger partial charge in [-0.3, -0.25) is 5.43 Å². The normalized spacial score (nSPS) is 17.9. The average Bonchev–Trinajstić information content (AvgIpc) is 2.89. The van der Waals surface area contributed by atoms with Crippen LogP contribution in [0.2, 0.25) is 0 Å². The molecule has 2 aromatic carbocycles.